The molecule has 130 valence electrons. The van der Waals surface area contributed by atoms with Gasteiger partial charge in [0.05, 0.1) is 15.1 Å². The van der Waals surface area contributed by atoms with Crippen molar-refractivity contribution in [2.45, 2.75) is 6.92 Å². The molecule has 2 N–H and O–H groups in total. The largest absolute Gasteiger partial charge is 0.354 e. The van der Waals surface area contributed by atoms with E-state index in [0.29, 0.717) is 10.3 Å². The molecule has 0 aliphatic heterocycles. The predicted molar refractivity (Wildman–Crippen MR) is 102 cm³/mol. The highest BCUT2D eigenvalue weighted by atomic mass is 32.1. The van der Waals surface area contributed by atoms with Crippen LogP contribution in [0.5, 0.6) is 0 Å². The predicted octanol–water partition coefficient (Wildman–Crippen LogP) is 4.25. The van der Waals surface area contributed by atoms with Crippen molar-refractivity contribution < 1.29 is 4.92 Å². The zero-order valence-electron chi connectivity index (χ0n) is 13.3. The van der Waals surface area contributed by atoms with E-state index in [0.717, 1.165) is 15.8 Å². The Kier molecular flexibility index (Phi) is 4.14. The lowest BCUT2D eigenvalue weighted by Crippen LogP contribution is -2.05. The summed E-state index contributed by atoms with van der Waals surface area (Å²) in [7, 11) is 0. The van der Waals surface area contributed by atoms with E-state index in [1.807, 2.05) is 25.1 Å². The van der Waals surface area contributed by atoms with E-state index in [4.69, 9.17) is 0 Å². The molecule has 1 aromatic carbocycles. The molecular weight excluding hydrogens is 374 g/mol. The van der Waals surface area contributed by atoms with Crippen molar-refractivity contribution in [3.8, 4) is 0 Å². The van der Waals surface area contributed by atoms with Crippen LogP contribution >= 0.6 is 22.7 Å². The second kappa shape index (κ2) is 6.61. The minimum atomic E-state index is -0.532. The average Bonchev–Trinajstić information content (AvgIpc) is 3.23. The van der Waals surface area contributed by atoms with Crippen molar-refractivity contribution in [2.24, 2.45) is 0 Å². The first-order valence-electron chi connectivity index (χ1n) is 7.40. The van der Waals surface area contributed by atoms with Crippen LogP contribution in [0.4, 0.5) is 27.6 Å². The van der Waals surface area contributed by atoms with Gasteiger partial charge in [0, 0.05) is 11.6 Å². The maximum atomic E-state index is 11.6. The van der Waals surface area contributed by atoms with E-state index in [1.54, 1.807) is 11.6 Å². The Labute approximate surface area is 155 Å². The van der Waals surface area contributed by atoms with Crippen molar-refractivity contribution in [1.29, 1.82) is 0 Å². The molecule has 3 heterocycles. The quantitative estimate of drug-likeness (QED) is 0.387. The fraction of sp³-hybridized carbons (Fsp3) is 0.0667. The van der Waals surface area contributed by atoms with Gasteiger partial charge in [-0.05, 0) is 24.6 Å². The Hall–Kier alpha value is -3.18. The summed E-state index contributed by atoms with van der Waals surface area (Å²) in [4.78, 5) is 27.6. The van der Waals surface area contributed by atoms with Gasteiger partial charge in [-0.1, -0.05) is 17.4 Å². The van der Waals surface area contributed by atoms with Crippen LogP contribution in [0.3, 0.4) is 0 Å². The van der Waals surface area contributed by atoms with E-state index in [9.17, 15) is 10.1 Å². The summed E-state index contributed by atoms with van der Waals surface area (Å²) in [6.07, 6.45) is 2.85. The topological polar surface area (TPSA) is 119 Å². The Bertz CT molecular complexity index is 1090. The first kappa shape index (κ1) is 16.3. The number of hydrogen-bond acceptors (Lipinski definition) is 10. The highest BCUT2D eigenvalue weighted by molar-refractivity contribution is 7.22. The molecule has 4 aromatic rings. The van der Waals surface area contributed by atoms with Crippen LogP contribution in [0, 0.1) is 17.0 Å². The van der Waals surface area contributed by atoms with E-state index in [1.165, 1.54) is 29.0 Å². The maximum Gasteiger partial charge on any atom is 0.354 e. The molecule has 0 spiro atoms. The van der Waals surface area contributed by atoms with Crippen LogP contribution in [0.2, 0.25) is 0 Å². The summed E-state index contributed by atoms with van der Waals surface area (Å²) in [5, 5.41) is 20.2. The van der Waals surface area contributed by atoms with Gasteiger partial charge in [0.25, 0.3) is 0 Å². The summed E-state index contributed by atoms with van der Waals surface area (Å²) >= 11 is 2.72. The lowest BCUT2D eigenvalue weighted by Gasteiger charge is -2.06. The third-order valence-corrected chi connectivity index (χ3v) is 5.05. The average molecular weight is 385 g/mol. The molecule has 26 heavy (non-hydrogen) atoms. The molecule has 0 fully saturated rings. The number of nitrogens with zero attached hydrogens (tertiary/aromatic N) is 5. The van der Waals surface area contributed by atoms with E-state index in [2.05, 4.69) is 30.6 Å². The number of benzene rings is 1. The molecule has 0 saturated heterocycles. The number of rotatable bonds is 5. The molecule has 0 aliphatic rings. The second-order valence-electron chi connectivity index (χ2n) is 5.25. The molecular formula is C15H11N7O2S2. The first-order valence-corrected chi connectivity index (χ1v) is 9.10. The van der Waals surface area contributed by atoms with Gasteiger partial charge in [0.15, 0.2) is 10.3 Å². The van der Waals surface area contributed by atoms with Crippen molar-refractivity contribution in [1.82, 2.24) is 19.9 Å². The number of thiazole rings is 2. The van der Waals surface area contributed by atoms with Crippen LogP contribution in [-0.2, 0) is 0 Å². The van der Waals surface area contributed by atoms with E-state index >= 15 is 0 Å². The molecule has 4 rings (SSSR count). The normalized spacial score (nSPS) is 10.8. The van der Waals surface area contributed by atoms with Crippen molar-refractivity contribution in [3.63, 3.8) is 0 Å². The lowest BCUT2D eigenvalue weighted by molar-refractivity contribution is -0.383. The Balaban J connectivity index is 1.71. The monoisotopic (exact) mass is 385 g/mol. The number of nitro groups is 1. The van der Waals surface area contributed by atoms with E-state index in [-0.39, 0.29) is 17.3 Å². The van der Waals surface area contributed by atoms with E-state index < -0.39 is 4.92 Å². The van der Waals surface area contributed by atoms with Gasteiger partial charge in [0.2, 0.25) is 11.6 Å². The summed E-state index contributed by atoms with van der Waals surface area (Å²) in [6, 6.07) is 5.90. The van der Waals surface area contributed by atoms with Crippen LogP contribution in [0.25, 0.3) is 10.2 Å². The molecule has 0 amide bonds. The van der Waals surface area contributed by atoms with Gasteiger partial charge in [-0.15, -0.1) is 11.3 Å². The number of hydrogen-bond donors (Lipinski definition) is 2. The first-order chi connectivity index (χ1) is 12.6. The van der Waals surface area contributed by atoms with Crippen LogP contribution < -0.4 is 10.6 Å². The molecule has 0 saturated carbocycles. The third-order valence-electron chi connectivity index (χ3n) is 3.43. The zero-order valence-corrected chi connectivity index (χ0v) is 15.0. The van der Waals surface area contributed by atoms with Crippen molar-refractivity contribution >= 4 is 60.5 Å². The highest BCUT2D eigenvalue weighted by Crippen LogP contribution is 2.35. The minimum absolute atomic E-state index is 0.0689. The molecule has 3 aromatic heterocycles. The number of nitrogens with one attached hydrogen (secondary N) is 2. The number of aryl methyl sites for hydroxylation is 1. The minimum Gasteiger partial charge on any atom is -0.310 e. The fourth-order valence-electron chi connectivity index (χ4n) is 2.31. The smallest absolute Gasteiger partial charge is 0.310 e. The SMILES string of the molecule is Cc1ccc2nc(Nc3ncnc(Nc4nccs4)c3[N+](=O)[O-])sc2c1. The number of anilines is 4. The van der Waals surface area contributed by atoms with Gasteiger partial charge < -0.3 is 10.6 Å². The lowest BCUT2D eigenvalue weighted by atomic mass is 10.2. The molecule has 0 unspecified atom stereocenters. The molecule has 9 nitrogen and oxygen atoms in total. The van der Waals surface area contributed by atoms with Gasteiger partial charge in [-0.3, -0.25) is 10.1 Å². The zero-order chi connectivity index (χ0) is 18.1. The van der Waals surface area contributed by atoms with Gasteiger partial charge in [0.1, 0.15) is 6.33 Å². The van der Waals surface area contributed by atoms with Gasteiger partial charge in [-0.25, -0.2) is 19.9 Å². The van der Waals surface area contributed by atoms with Crippen LogP contribution in [-0.4, -0.2) is 24.9 Å². The summed E-state index contributed by atoms with van der Waals surface area (Å²) in [6.45, 7) is 2.00. The number of fused-ring (bicyclic) bond motifs is 1. The van der Waals surface area contributed by atoms with Gasteiger partial charge >= 0.3 is 5.69 Å². The van der Waals surface area contributed by atoms with Crippen LogP contribution in [0.1, 0.15) is 5.56 Å². The Morgan fingerprint density at radius 1 is 1.12 bits per heavy atom. The fourth-order valence-corrected chi connectivity index (χ4v) is 3.80. The molecule has 0 bridgehead atoms. The Morgan fingerprint density at radius 2 is 1.88 bits per heavy atom. The second-order valence-corrected chi connectivity index (χ2v) is 7.18. The molecule has 0 atom stereocenters. The highest BCUT2D eigenvalue weighted by Gasteiger charge is 2.24. The summed E-state index contributed by atoms with van der Waals surface area (Å²) in [5.74, 6) is 0.138. The third kappa shape index (κ3) is 3.17. The summed E-state index contributed by atoms with van der Waals surface area (Å²) in [5.41, 5.74) is 1.68. The van der Waals surface area contributed by atoms with Crippen LogP contribution in [0.15, 0.2) is 36.1 Å². The molecule has 0 radical (unpaired) electrons. The Morgan fingerprint density at radius 3 is 2.58 bits per heavy atom. The molecule has 11 heteroatoms. The number of aromatic nitrogens is 4. The van der Waals surface area contributed by atoms with Crippen molar-refractivity contribution in [2.75, 3.05) is 10.6 Å². The maximum absolute atomic E-state index is 11.6. The summed E-state index contributed by atoms with van der Waals surface area (Å²) < 4.78 is 0.991. The van der Waals surface area contributed by atoms with Gasteiger partial charge in [-0.2, -0.15) is 0 Å². The standard InChI is InChI=1S/C15H11N7O2S2/c1-8-2-3-9-10(6-8)26-15(19-9)21-13-11(22(23)24)12(17-7-18-13)20-14-16-4-5-25-14/h2-7H,1H3,(H2,16,17,18,19,20,21). The molecule has 0 aliphatic carbocycles. The van der Waals surface area contributed by atoms with Crippen molar-refractivity contribution in [3.05, 3.63) is 51.8 Å².